The quantitative estimate of drug-likeness (QED) is 0.753. The van der Waals surface area contributed by atoms with E-state index in [9.17, 15) is 9.59 Å². The van der Waals surface area contributed by atoms with Crippen LogP contribution in [-0.2, 0) is 20.6 Å². The van der Waals surface area contributed by atoms with Gasteiger partial charge in [0.1, 0.15) is 0 Å². The van der Waals surface area contributed by atoms with E-state index < -0.39 is 11.2 Å². The highest BCUT2D eigenvalue weighted by molar-refractivity contribution is 6.35. The SMILES string of the molecule is Cn1c(=O)c2c(nc(N)n2Cc2ccc(Cl)cc2Cl)n(C)c1=O. The molecule has 0 aliphatic rings. The van der Waals surface area contributed by atoms with Crippen molar-refractivity contribution in [3.8, 4) is 0 Å². The molecule has 0 saturated carbocycles. The molecular weight excluding hydrogens is 341 g/mol. The van der Waals surface area contributed by atoms with Crippen LogP contribution in [0.4, 0.5) is 5.95 Å². The Kier molecular flexibility index (Phi) is 3.69. The first-order valence-corrected chi connectivity index (χ1v) is 7.42. The molecule has 0 spiro atoms. The molecule has 2 heterocycles. The fraction of sp³-hybridized carbons (Fsp3) is 0.214. The van der Waals surface area contributed by atoms with Crippen LogP contribution in [0.15, 0.2) is 27.8 Å². The van der Waals surface area contributed by atoms with Crippen molar-refractivity contribution in [3.05, 3.63) is 54.6 Å². The summed E-state index contributed by atoms with van der Waals surface area (Å²) in [6.07, 6.45) is 0. The van der Waals surface area contributed by atoms with Gasteiger partial charge in [-0.15, -0.1) is 0 Å². The number of nitrogens with zero attached hydrogens (tertiary/aromatic N) is 4. The van der Waals surface area contributed by atoms with Gasteiger partial charge < -0.3 is 10.3 Å². The molecule has 2 aromatic heterocycles. The number of rotatable bonds is 2. The number of fused-ring (bicyclic) bond motifs is 1. The fourth-order valence-corrected chi connectivity index (χ4v) is 2.91. The summed E-state index contributed by atoms with van der Waals surface area (Å²) in [5.74, 6) is 0.129. The number of hydrogen-bond acceptors (Lipinski definition) is 4. The summed E-state index contributed by atoms with van der Waals surface area (Å²) in [6.45, 7) is 0.242. The zero-order valence-electron chi connectivity index (χ0n) is 12.4. The monoisotopic (exact) mass is 353 g/mol. The minimum absolute atomic E-state index is 0.129. The van der Waals surface area contributed by atoms with Crippen molar-refractivity contribution in [2.75, 3.05) is 5.73 Å². The summed E-state index contributed by atoms with van der Waals surface area (Å²) in [5.41, 5.74) is 6.24. The van der Waals surface area contributed by atoms with E-state index in [-0.39, 0.29) is 23.7 Å². The Balaban J connectivity index is 2.28. The molecule has 9 heteroatoms. The fourth-order valence-electron chi connectivity index (χ4n) is 2.44. The number of aryl methyl sites for hydroxylation is 1. The predicted molar refractivity (Wildman–Crippen MR) is 90.2 cm³/mol. The number of anilines is 1. The summed E-state index contributed by atoms with van der Waals surface area (Å²) in [5, 5.41) is 0.973. The van der Waals surface area contributed by atoms with Crippen LogP contribution in [0.5, 0.6) is 0 Å². The number of halogens is 2. The maximum Gasteiger partial charge on any atom is 0.332 e. The van der Waals surface area contributed by atoms with Gasteiger partial charge in [-0.1, -0.05) is 29.3 Å². The lowest BCUT2D eigenvalue weighted by atomic mass is 10.2. The molecule has 0 aliphatic carbocycles. The molecule has 7 nitrogen and oxygen atoms in total. The minimum atomic E-state index is -0.461. The third-order valence-corrected chi connectivity index (χ3v) is 4.31. The van der Waals surface area contributed by atoms with Crippen molar-refractivity contribution in [2.45, 2.75) is 6.54 Å². The Labute approximate surface area is 140 Å². The second kappa shape index (κ2) is 5.43. The van der Waals surface area contributed by atoms with E-state index >= 15 is 0 Å². The number of nitrogen functional groups attached to an aromatic ring is 1. The first-order valence-electron chi connectivity index (χ1n) is 6.67. The Morgan fingerprint density at radius 1 is 1.17 bits per heavy atom. The Morgan fingerprint density at radius 2 is 1.87 bits per heavy atom. The third-order valence-electron chi connectivity index (χ3n) is 3.72. The maximum absolute atomic E-state index is 12.4. The Hall–Kier alpha value is -2.25. The molecule has 0 amide bonds. The number of benzene rings is 1. The van der Waals surface area contributed by atoms with Crippen LogP contribution < -0.4 is 17.0 Å². The Morgan fingerprint density at radius 3 is 2.52 bits per heavy atom. The third kappa shape index (κ3) is 2.42. The summed E-state index contributed by atoms with van der Waals surface area (Å²) in [4.78, 5) is 28.6. The normalized spacial score (nSPS) is 11.3. The zero-order chi connectivity index (χ0) is 16.9. The molecule has 3 aromatic rings. The van der Waals surface area contributed by atoms with E-state index in [0.717, 1.165) is 10.1 Å². The maximum atomic E-state index is 12.4. The molecule has 0 aliphatic heterocycles. The first-order chi connectivity index (χ1) is 10.8. The molecule has 0 radical (unpaired) electrons. The average molecular weight is 354 g/mol. The van der Waals surface area contributed by atoms with Gasteiger partial charge in [-0.3, -0.25) is 13.9 Å². The van der Waals surface area contributed by atoms with Gasteiger partial charge in [-0.25, -0.2) is 4.79 Å². The van der Waals surface area contributed by atoms with E-state index in [2.05, 4.69) is 4.98 Å². The van der Waals surface area contributed by atoms with Crippen LogP contribution in [0.3, 0.4) is 0 Å². The van der Waals surface area contributed by atoms with Gasteiger partial charge in [0.2, 0.25) is 5.95 Å². The molecule has 0 atom stereocenters. The molecule has 0 saturated heterocycles. The van der Waals surface area contributed by atoms with Crippen molar-refractivity contribution in [1.82, 2.24) is 18.7 Å². The lowest BCUT2D eigenvalue weighted by molar-refractivity contribution is 0.702. The van der Waals surface area contributed by atoms with Gasteiger partial charge in [0.15, 0.2) is 11.2 Å². The van der Waals surface area contributed by atoms with Crippen LogP contribution in [-0.4, -0.2) is 18.7 Å². The second-order valence-electron chi connectivity index (χ2n) is 5.17. The molecule has 120 valence electrons. The van der Waals surface area contributed by atoms with E-state index in [4.69, 9.17) is 28.9 Å². The second-order valence-corrected chi connectivity index (χ2v) is 6.01. The Bertz CT molecular complexity index is 1050. The molecule has 3 rings (SSSR count). The molecule has 1 aromatic carbocycles. The van der Waals surface area contributed by atoms with Gasteiger partial charge in [0, 0.05) is 24.1 Å². The smallest absolute Gasteiger partial charge is 0.332 e. The minimum Gasteiger partial charge on any atom is -0.369 e. The average Bonchev–Trinajstić information content (AvgIpc) is 2.83. The standard InChI is InChI=1S/C14H13Cl2N5O2/c1-19-11-10(12(22)20(2)14(19)23)21(13(17)18-11)6-7-3-4-8(15)5-9(7)16/h3-5H,6H2,1-2H3,(H2,17,18). The van der Waals surface area contributed by atoms with Crippen molar-refractivity contribution in [1.29, 1.82) is 0 Å². The van der Waals surface area contributed by atoms with Crippen molar-refractivity contribution < 1.29 is 0 Å². The van der Waals surface area contributed by atoms with Crippen LogP contribution in [0.1, 0.15) is 5.56 Å². The first kappa shape index (κ1) is 15.6. The predicted octanol–water partition coefficient (Wildman–Crippen LogP) is 1.37. The van der Waals surface area contributed by atoms with E-state index in [0.29, 0.717) is 10.0 Å². The molecule has 23 heavy (non-hydrogen) atoms. The number of nitrogens with two attached hydrogens (primary N) is 1. The van der Waals surface area contributed by atoms with Gasteiger partial charge in [0.25, 0.3) is 5.56 Å². The molecule has 2 N–H and O–H groups in total. The molecule has 0 fully saturated rings. The van der Waals surface area contributed by atoms with Gasteiger partial charge in [-0.05, 0) is 17.7 Å². The van der Waals surface area contributed by atoms with Gasteiger partial charge in [-0.2, -0.15) is 4.98 Å². The van der Waals surface area contributed by atoms with Crippen LogP contribution in [0.2, 0.25) is 10.0 Å². The van der Waals surface area contributed by atoms with Crippen LogP contribution in [0, 0.1) is 0 Å². The highest BCUT2D eigenvalue weighted by atomic mass is 35.5. The number of aromatic nitrogens is 4. The summed E-state index contributed by atoms with van der Waals surface area (Å²) in [6, 6.07) is 5.07. The lowest BCUT2D eigenvalue weighted by Gasteiger charge is -2.09. The summed E-state index contributed by atoms with van der Waals surface area (Å²) >= 11 is 12.1. The number of hydrogen-bond donors (Lipinski definition) is 1. The largest absolute Gasteiger partial charge is 0.369 e. The molecule has 0 unspecified atom stereocenters. The van der Waals surface area contributed by atoms with E-state index in [1.807, 2.05) is 0 Å². The zero-order valence-corrected chi connectivity index (χ0v) is 13.9. The van der Waals surface area contributed by atoms with E-state index in [1.54, 1.807) is 18.2 Å². The van der Waals surface area contributed by atoms with Crippen molar-refractivity contribution in [3.63, 3.8) is 0 Å². The molecule has 0 bridgehead atoms. The van der Waals surface area contributed by atoms with Gasteiger partial charge >= 0.3 is 5.69 Å². The van der Waals surface area contributed by atoms with Crippen molar-refractivity contribution in [2.24, 2.45) is 14.1 Å². The van der Waals surface area contributed by atoms with E-state index in [1.165, 1.54) is 23.2 Å². The highest BCUT2D eigenvalue weighted by Gasteiger charge is 2.18. The lowest BCUT2D eigenvalue weighted by Crippen LogP contribution is -2.37. The highest BCUT2D eigenvalue weighted by Crippen LogP contribution is 2.23. The molecular formula is C14H13Cl2N5O2. The number of imidazole rings is 1. The summed E-state index contributed by atoms with van der Waals surface area (Å²) < 4.78 is 3.84. The van der Waals surface area contributed by atoms with Gasteiger partial charge in [0.05, 0.1) is 6.54 Å². The van der Waals surface area contributed by atoms with Crippen molar-refractivity contribution >= 4 is 40.3 Å². The summed E-state index contributed by atoms with van der Waals surface area (Å²) in [7, 11) is 2.95. The topological polar surface area (TPSA) is 87.8 Å². The van der Waals surface area contributed by atoms with Crippen LogP contribution in [0.25, 0.3) is 11.2 Å². The van der Waals surface area contributed by atoms with Crippen LogP contribution >= 0.6 is 23.2 Å².